The Labute approximate surface area is 165 Å². The number of carbonyl (C=O) groups is 2. The number of hydrogen-bond donors (Lipinski definition) is 2. The van der Waals surface area contributed by atoms with Gasteiger partial charge in [-0.25, -0.2) is 4.79 Å². The molecule has 0 unspecified atom stereocenters. The predicted octanol–water partition coefficient (Wildman–Crippen LogP) is 1.82. The zero-order valence-corrected chi connectivity index (χ0v) is 16.0. The van der Waals surface area contributed by atoms with Gasteiger partial charge < -0.3 is 24.6 Å². The minimum absolute atomic E-state index is 0.0235. The standard InChI is InChI=1S/C19H20N2O6S/c1-19(12-4-5-15-16(7-12)27-11-26-15)17(23)21(18(24)20-19)8-13(22)9-25-10-14-3-2-6-28-14/h2-7,13,22H,8-11H2,1H3,(H,20,24)/t13-,19+/m1/s1. The zero-order valence-electron chi connectivity index (χ0n) is 15.2. The molecule has 0 aliphatic carbocycles. The van der Waals surface area contributed by atoms with Gasteiger partial charge in [0.15, 0.2) is 11.5 Å². The fourth-order valence-corrected chi connectivity index (χ4v) is 3.86. The first-order valence-electron chi connectivity index (χ1n) is 8.80. The van der Waals surface area contributed by atoms with Crippen molar-refractivity contribution in [3.8, 4) is 11.5 Å². The van der Waals surface area contributed by atoms with Crippen molar-refractivity contribution in [2.45, 2.75) is 25.2 Å². The van der Waals surface area contributed by atoms with Gasteiger partial charge in [-0.3, -0.25) is 9.69 Å². The van der Waals surface area contributed by atoms with Crippen molar-refractivity contribution in [3.63, 3.8) is 0 Å². The summed E-state index contributed by atoms with van der Waals surface area (Å²) in [5, 5.41) is 14.9. The molecule has 2 atom stereocenters. The highest BCUT2D eigenvalue weighted by Gasteiger charge is 2.49. The van der Waals surface area contributed by atoms with E-state index in [1.807, 2.05) is 17.5 Å². The van der Waals surface area contributed by atoms with Gasteiger partial charge in [-0.15, -0.1) is 11.3 Å². The van der Waals surface area contributed by atoms with Crippen molar-refractivity contribution in [2.75, 3.05) is 19.9 Å². The SMILES string of the molecule is C[C@@]1(c2ccc3c(c2)OCO3)NC(=O)N(C[C@@H](O)COCc2cccs2)C1=O. The van der Waals surface area contributed by atoms with Crippen molar-refractivity contribution in [1.82, 2.24) is 10.2 Å². The van der Waals surface area contributed by atoms with Crippen LogP contribution in [0.25, 0.3) is 0 Å². The minimum Gasteiger partial charge on any atom is -0.454 e. The first kappa shape index (κ1) is 18.7. The lowest BCUT2D eigenvalue weighted by molar-refractivity contribution is -0.132. The normalized spacial score (nSPS) is 21.9. The predicted molar refractivity (Wildman–Crippen MR) is 100 cm³/mol. The zero-order chi connectivity index (χ0) is 19.7. The molecule has 0 bridgehead atoms. The number of β-amino-alcohol motifs (C(OH)–C–C–N with tert-alkyl or cyclic N) is 1. The second kappa shape index (κ2) is 7.42. The van der Waals surface area contributed by atoms with Gasteiger partial charge >= 0.3 is 6.03 Å². The Kier molecular flexibility index (Phi) is 4.96. The summed E-state index contributed by atoms with van der Waals surface area (Å²) in [7, 11) is 0. The van der Waals surface area contributed by atoms with E-state index in [-0.39, 0.29) is 19.9 Å². The molecule has 0 radical (unpaired) electrons. The highest BCUT2D eigenvalue weighted by atomic mass is 32.1. The number of nitrogens with one attached hydrogen (secondary N) is 1. The van der Waals surface area contributed by atoms with Gasteiger partial charge in [0.2, 0.25) is 6.79 Å². The summed E-state index contributed by atoms with van der Waals surface area (Å²) in [5.41, 5.74) is -0.656. The van der Waals surface area contributed by atoms with Crippen molar-refractivity contribution >= 4 is 23.3 Å². The molecule has 28 heavy (non-hydrogen) atoms. The van der Waals surface area contributed by atoms with Crippen LogP contribution in [0.5, 0.6) is 11.5 Å². The van der Waals surface area contributed by atoms with Crippen LogP contribution in [-0.4, -0.2) is 48.0 Å². The summed E-state index contributed by atoms with van der Waals surface area (Å²) in [5.74, 6) is 0.689. The van der Waals surface area contributed by atoms with E-state index in [2.05, 4.69) is 5.32 Å². The van der Waals surface area contributed by atoms with E-state index in [0.717, 1.165) is 9.78 Å². The maximum absolute atomic E-state index is 13.0. The van der Waals surface area contributed by atoms with E-state index in [9.17, 15) is 14.7 Å². The second-order valence-corrected chi connectivity index (χ2v) is 7.82. The number of fused-ring (bicyclic) bond motifs is 1. The molecule has 3 amide bonds. The molecule has 1 fully saturated rings. The van der Waals surface area contributed by atoms with Gasteiger partial charge in [0.05, 0.1) is 25.9 Å². The summed E-state index contributed by atoms with van der Waals surface area (Å²) in [6.45, 7) is 2.01. The number of aliphatic hydroxyl groups excluding tert-OH is 1. The number of aliphatic hydroxyl groups is 1. The van der Waals surface area contributed by atoms with Crippen molar-refractivity contribution < 1.29 is 28.9 Å². The Hall–Kier alpha value is -2.62. The Balaban J connectivity index is 1.40. The topological polar surface area (TPSA) is 97.3 Å². The molecule has 3 heterocycles. The van der Waals surface area contributed by atoms with Crippen LogP contribution in [0, 0.1) is 0 Å². The lowest BCUT2D eigenvalue weighted by Crippen LogP contribution is -2.42. The number of urea groups is 1. The van der Waals surface area contributed by atoms with Crippen LogP contribution in [0.2, 0.25) is 0 Å². The largest absolute Gasteiger partial charge is 0.454 e. The highest BCUT2D eigenvalue weighted by molar-refractivity contribution is 7.09. The van der Waals surface area contributed by atoms with Gasteiger partial charge in [0.1, 0.15) is 5.54 Å². The third kappa shape index (κ3) is 3.44. The molecule has 0 saturated carbocycles. The first-order chi connectivity index (χ1) is 13.5. The molecule has 148 valence electrons. The summed E-state index contributed by atoms with van der Waals surface area (Å²) in [4.78, 5) is 27.4. The van der Waals surface area contributed by atoms with Gasteiger partial charge in [0, 0.05) is 4.88 Å². The maximum Gasteiger partial charge on any atom is 0.325 e. The lowest BCUT2D eigenvalue weighted by Gasteiger charge is -2.23. The third-order valence-electron chi connectivity index (χ3n) is 4.75. The van der Waals surface area contributed by atoms with E-state index in [1.165, 1.54) is 0 Å². The molecule has 9 heteroatoms. The van der Waals surface area contributed by atoms with Crippen molar-refractivity contribution in [3.05, 3.63) is 46.2 Å². The molecule has 2 N–H and O–H groups in total. The number of thiophene rings is 1. The Morgan fingerprint density at radius 2 is 2.14 bits per heavy atom. The number of amides is 3. The van der Waals surface area contributed by atoms with Crippen LogP contribution >= 0.6 is 11.3 Å². The van der Waals surface area contributed by atoms with Crippen LogP contribution < -0.4 is 14.8 Å². The Morgan fingerprint density at radius 1 is 1.32 bits per heavy atom. The molecule has 2 aliphatic rings. The molecule has 1 saturated heterocycles. The van der Waals surface area contributed by atoms with Crippen molar-refractivity contribution in [2.24, 2.45) is 0 Å². The Morgan fingerprint density at radius 3 is 2.93 bits per heavy atom. The molecule has 1 aromatic heterocycles. The number of nitrogens with zero attached hydrogens (tertiary/aromatic N) is 1. The minimum atomic E-state index is -1.24. The van der Waals surface area contributed by atoms with Crippen LogP contribution in [0.1, 0.15) is 17.4 Å². The summed E-state index contributed by atoms with van der Waals surface area (Å²) in [6, 6.07) is 8.41. The number of rotatable bonds is 7. The number of ether oxygens (including phenoxy) is 3. The van der Waals surface area contributed by atoms with Crippen LogP contribution in [0.15, 0.2) is 35.7 Å². The molecule has 8 nitrogen and oxygen atoms in total. The van der Waals surface area contributed by atoms with E-state index < -0.39 is 23.6 Å². The van der Waals surface area contributed by atoms with Gasteiger partial charge in [0.25, 0.3) is 5.91 Å². The van der Waals surface area contributed by atoms with Crippen LogP contribution in [0.3, 0.4) is 0 Å². The summed E-state index contributed by atoms with van der Waals surface area (Å²) in [6.07, 6.45) is -0.978. The molecular weight excluding hydrogens is 384 g/mol. The quantitative estimate of drug-likeness (QED) is 0.684. The van der Waals surface area contributed by atoms with Crippen molar-refractivity contribution in [1.29, 1.82) is 0 Å². The van der Waals surface area contributed by atoms with E-state index in [1.54, 1.807) is 36.5 Å². The van der Waals surface area contributed by atoms with Crippen LogP contribution in [-0.2, 0) is 21.7 Å². The van der Waals surface area contributed by atoms with E-state index >= 15 is 0 Å². The Bertz CT molecular complexity index is 887. The van der Waals surface area contributed by atoms with Gasteiger partial charge in [-0.1, -0.05) is 12.1 Å². The molecule has 4 rings (SSSR count). The monoisotopic (exact) mass is 404 g/mol. The summed E-state index contributed by atoms with van der Waals surface area (Å²) < 4.78 is 16.1. The average molecular weight is 404 g/mol. The fraction of sp³-hybridized carbons (Fsp3) is 0.368. The molecule has 0 spiro atoms. The molecular formula is C19H20N2O6S. The number of carbonyl (C=O) groups excluding carboxylic acids is 2. The number of imide groups is 1. The van der Waals surface area contributed by atoms with E-state index in [0.29, 0.717) is 23.7 Å². The first-order valence-corrected chi connectivity index (χ1v) is 9.68. The number of benzene rings is 1. The maximum atomic E-state index is 13.0. The second-order valence-electron chi connectivity index (χ2n) is 6.79. The van der Waals surface area contributed by atoms with Gasteiger partial charge in [-0.2, -0.15) is 0 Å². The summed E-state index contributed by atoms with van der Waals surface area (Å²) >= 11 is 1.56. The highest BCUT2D eigenvalue weighted by Crippen LogP contribution is 2.37. The molecule has 2 aliphatic heterocycles. The molecule has 2 aromatic rings. The van der Waals surface area contributed by atoms with Gasteiger partial charge in [-0.05, 0) is 36.1 Å². The van der Waals surface area contributed by atoms with E-state index in [4.69, 9.17) is 14.2 Å². The average Bonchev–Trinajstić information content (AvgIpc) is 3.39. The number of hydrogen-bond acceptors (Lipinski definition) is 7. The third-order valence-corrected chi connectivity index (χ3v) is 5.60. The fourth-order valence-electron chi connectivity index (χ4n) is 3.22. The smallest absolute Gasteiger partial charge is 0.325 e. The van der Waals surface area contributed by atoms with Crippen LogP contribution in [0.4, 0.5) is 4.79 Å². The lowest BCUT2D eigenvalue weighted by atomic mass is 9.91. The molecule has 1 aromatic carbocycles.